The van der Waals surface area contributed by atoms with E-state index < -0.39 is 10.8 Å². The average molecular weight is 406 g/mol. The first-order valence-corrected chi connectivity index (χ1v) is 8.92. The molecule has 0 bridgehead atoms. The monoisotopic (exact) mass is 406 g/mol. The number of non-ortho nitro benzene ring substituents is 1. The number of nitrogens with zero attached hydrogens (tertiary/aromatic N) is 1. The zero-order valence-electron chi connectivity index (χ0n) is 16.0. The van der Waals surface area contributed by atoms with Gasteiger partial charge in [0, 0.05) is 35.0 Å². The Bertz CT molecular complexity index is 1080. The lowest BCUT2D eigenvalue weighted by atomic mass is 10.1. The summed E-state index contributed by atoms with van der Waals surface area (Å²) in [6.45, 7) is -0.174. The largest absolute Gasteiger partial charge is 0.497 e. The van der Waals surface area contributed by atoms with E-state index in [0.29, 0.717) is 22.7 Å². The van der Waals surface area contributed by atoms with Gasteiger partial charge in [-0.25, -0.2) is 0 Å². The van der Waals surface area contributed by atoms with E-state index in [1.165, 1.54) is 31.4 Å². The Kier molecular flexibility index (Phi) is 6.39. The Labute approximate surface area is 172 Å². The number of carbonyl (C=O) groups is 2. The fraction of sp³-hybridized carbons (Fsp3) is 0.0909. The number of methoxy groups -OCH3 is 1. The lowest BCUT2D eigenvalue weighted by Gasteiger charge is -2.09. The Morgan fingerprint density at radius 2 is 1.63 bits per heavy atom. The van der Waals surface area contributed by atoms with Crippen molar-refractivity contribution < 1.29 is 24.0 Å². The van der Waals surface area contributed by atoms with Crippen LogP contribution in [0.15, 0.2) is 72.8 Å². The van der Waals surface area contributed by atoms with Crippen LogP contribution in [0.5, 0.6) is 11.5 Å². The maximum Gasteiger partial charge on any atom is 0.269 e. The summed E-state index contributed by atoms with van der Waals surface area (Å²) in [5, 5.41) is 13.4. The summed E-state index contributed by atoms with van der Waals surface area (Å²) in [6, 6.07) is 18.6. The molecule has 0 radical (unpaired) electrons. The van der Waals surface area contributed by atoms with Crippen molar-refractivity contribution in [1.29, 1.82) is 0 Å². The molecule has 0 saturated heterocycles. The average Bonchev–Trinajstić information content (AvgIpc) is 2.77. The molecule has 1 amide bonds. The highest BCUT2D eigenvalue weighted by molar-refractivity contribution is 6.04. The minimum Gasteiger partial charge on any atom is -0.497 e. The molecule has 1 N–H and O–H groups in total. The van der Waals surface area contributed by atoms with Crippen LogP contribution in [0.1, 0.15) is 20.7 Å². The van der Waals surface area contributed by atoms with E-state index in [0.717, 1.165) is 0 Å². The minimum atomic E-state index is -0.532. The molecule has 3 aromatic rings. The van der Waals surface area contributed by atoms with Gasteiger partial charge >= 0.3 is 0 Å². The normalized spacial score (nSPS) is 10.2. The van der Waals surface area contributed by atoms with Gasteiger partial charge in [0.25, 0.3) is 11.6 Å². The number of amides is 1. The second kappa shape index (κ2) is 9.33. The van der Waals surface area contributed by atoms with E-state index in [-0.39, 0.29) is 23.6 Å². The van der Waals surface area contributed by atoms with Crippen LogP contribution in [0.3, 0.4) is 0 Å². The maximum atomic E-state index is 12.3. The number of Topliss-reactive ketones (excluding diaryl/α,β-unsaturated/α-hetero) is 1. The van der Waals surface area contributed by atoms with Gasteiger partial charge in [0.1, 0.15) is 11.5 Å². The Hall–Kier alpha value is -4.20. The standard InChI is InChI=1S/C22H18N2O6/c1-29-19-6-2-4-16(12-19)21(25)14-30-20-7-3-5-17(13-20)23-22(26)15-8-10-18(11-9-15)24(27)28/h2-13H,14H2,1H3,(H,23,26). The van der Waals surface area contributed by atoms with Crippen molar-refractivity contribution in [1.82, 2.24) is 0 Å². The van der Waals surface area contributed by atoms with Crippen LogP contribution in [-0.2, 0) is 0 Å². The predicted molar refractivity (Wildman–Crippen MR) is 110 cm³/mol. The molecule has 3 rings (SSSR count). The zero-order chi connectivity index (χ0) is 21.5. The van der Waals surface area contributed by atoms with Crippen LogP contribution in [0.4, 0.5) is 11.4 Å². The van der Waals surface area contributed by atoms with Crippen molar-refractivity contribution in [3.05, 3.63) is 94.0 Å². The van der Waals surface area contributed by atoms with E-state index in [2.05, 4.69) is 5.32 Å². The van der Waals surface area contributed by atoms with Gasteiger partial charge in [-0.3, -0.25) is 19.7 Å². The number of nitro groups is 1. The highest BCUT2D eigenvalue weighted by atomic mass is 16.6. The second-order valence-corrected chi connectivity index (χ2v) is 6.23. The topological polar surface area (TPSA) is 108 Å². The molecule has 3 aromatic carbocycles. The second-order valence-electron chi connectivity index (χ2n) is 6.23. The number of ether oxygens (including phenoxy) is 2. The van der Waals surface area contributed by atoms with Crippen molar-refractivity contribution in [2.24, 2.45) is 0 Å². The lowest BCUT2D eigenvalue weighted by molar-refractivity contribution is -0.384. The number of nitrogens with one attached hydrogen (secondary N) is 1. The molecule has 0 aliphatic rings. The van der Waals surface area contributed by atoms with E-state index in [1.54, 1.807) is 48.5 Å². The number of ketones is 1. The molecule has 0 aliphatic carbocycles. The first kappa shape index (κ1) is 20.5. The molecule has 152 valence electrons. The van der Waals surface area contributed by atoms with Crippen LogP contribution >= 0.6 is 0 Å². The molecule has 8 nitrogen and oxygen atoms in total. The molecule has 8 heteroatoms. The lowest BCUT2D eigenvalue weighted by Crippen LogP contribution is -2.13. The molecule has 0 spiro atoms. The summed E-state index contributed by atoms with van der Waals surface area (Å²) in [4.78, 5) is 34.8. The molecule has 0 fully saturated rings. The van der Waals surface area contributed by atoms with E-state index in [9.17, 15) is 19.7 Å². The fourth-order valence-electron chi connectivity index (χ4n) is 2.63. The number of hydrogen-bond donors (Lipinski definition) is 1. The fourth-order valence-corrected chi connectivity index (χ4v) is 2.63. The van der Waals surface area contributed by atoms with Gasteiger partial charge in [-0.2, -0.15) is 0 Å². The minimum absolute atomic E-state index is 0.0948. The Morgan fingerprint density at radius 3 is 2.33 bits per heavy atom. The van der Waals surface area contributed by atoms with Crippen LogP contribution in [0.2, 0.25) is 0 Å². The first-order valence-electron chi connectivity index (χ1n) is 8.92. The molecule has 0 saturated carbocycles. The van der Waals surface area contributed by atoms with Gasteiger partial charge < -0.3 is 14.8 Å². The molecule has 30 heavy (non-hydrogen) atoms. The van der Waals surface area contributed by atoms with Gasteiger partial charge in [0.2, 0.25) is 0 Å². The van der Waals surface area contributed by atoms with Crippen LogP contribution < -0.4 is 14.8 Å². The number of nitro benzene ring substituents is 1. The van der Waals surface area contributed by atoms with E-state index in [1.807, 2.05) is 0 Å². The van der Waals surface area contributed by atoms with Crippen LogP contribution in [0, 0.1) is 10.1 Å². The molecule has 0 atom stereocenters. The Balaban J connectivity index is 1.62. The van der Waals surface area contributed by atoms with Crippen molar-refractivity contribution in [3.8, 4) is 11.5 Å². The van der Waals surface area contributed by atoms with E-state index in [4.69, 9.17) is 9.47 Å². The number of anilines is 1. The first-order chi connectivity index (χ1) is 14.5. The van der Waals surface area contributed by atoms with Gasteiger partial charge in [-0.05, 0) is 36.4 Å². The quantitative estimate of drug-likeness (QED) is 0.343. The number of hydrogen-bond acceptors (Lipinski definition) is 6. The summed E-state index contributed by atoms with van der Waals surface area (Å²) in [6.07, 6.45) is 0. The highest BCUT2D eigenvalue weighted by Crippen LogP contribution is 2.20. The summed E-state index contributed by atoms with van der Waals surface area (Å²) >= 11 is 0. The molecule has 0 heterocycles. The number of rotatable bonds is 8. The highest BCUT2D eigenvalue weighted by Gasteiger charge is 2.11. The SMILES string of the molecule is COc1cccc(C(=O)COc2cccc(NC(=O)c3ccc([N+](=O)[O-])cc3)c2)c1. The van der Waals surface area contributed by atoms with Crippen LogP contribution in [-0.4, -0.2) is 30.3 Å². The van der Waals surface area contributed by atoms with Gasteiger partial charge in [0.05, 0.1) is 12.0 Å². The Morgan fingerprint density at radius 1 is 0.933 bits per heavy atom. The van der Waals surface area contributed by atoms with Crippen molar-refractivity contribution >= 4 is 23.1 Å². The van der Waals surface area contributed by atoms with Gasteiger partial charge in [-0.15, -0.1) is 0 Å². The summed E-state index contributed by atoms with van der Waals surface area (Å²) < 4.78 is 10.7. The molecule has 0 unspecified atom stereocenters. The third-order valence-corrected chi connectivity index (χ3v) is 4.19. The maximum absolute atomic E-state index is 12.3. The molecular formula is C22H18N2O6. The smallest absolute Gasteiger partial charge is 0.269 e. The summed E-state index contributed by atoms with van der Waals surface area (Å²) in [5.41, 5.74) is 1.12. The van der Waals surface area contributed by atoms with Crippen LogP contribution in [0.25, 0.3) is 0 Å². The third-order valence-electron chi connectivity index (χ3n) is 4.19. The van der Waals surface area contributed by atoms with E-state index >= 15 is 0 Å². The predicted octanol–water partition coefficient (Wildman–Crippen LogP) is 4.12. The zero-order valence-corrected chi connectivity index (χ0v) is 16.0. The summed E-state index contributed by atoms with van der Waals surface area (Å²) in [5.74, 6) is 0.355. The molecule has 0 aliphatic heterocycles. The third kappa shape index (κ3) is 5.20. The van der Waals surface area contributed by atoms with Gasteiger partial charge in [0.15, 0.2) is 12.4 Å². The van der Waals surface area contributed by atoms with Crippen molar-refractivity contribution in [3.63, 3.8) is 0 Å². The molecule has 0 aromatic heterocycles. The van der Waals surface area contributed by atoms with Crippen molar-refractivity contribution in [2.75, 3.05) is 19.0 Å². The van der Waals surface area contributed by atoms with Crippen molar-refractivity contribution in [2.45, 2.75) is 0 Å². The molecular weight excluding hydrogens is 388 g/mol. The summed E-state index contributed by atoms with van der Waals surface area (Å²) in [7, 11) is 1.52. The number of benzene rings is 3. The van der Waals surface area contributed by atoms with Gasteiger partial charge in [-0.1, -0.05) is 18.2 Å². The number of carbonyl (C=O) groups excluding carboxylic acids is 2.